The lowest BCUT2D eigenvalue weighted by molar-refractivity contribution is -0.141. The largest absolute Gasteiger partial charge is 0.468 e. The van der Waals surface area contributed by atoms with E-state index in [4.69, 9.17) is 14.7 Å². The van der Waals surface area contributed by atoms with Crippen molar-refractivity contribution in [3.05, 3.63) is 48.0 Å². The molecule has 120 valence electrons. The highest BCUT2D eigenvalue weighted by molar-refractivity contribution is 6.07. The third-order valence-corrected chi connectivity index (χ3v) is 4.34. The van der Waals surface area contributed by atoms with Gasteiger partial charge in [-0.1, -0.05) is 25.1 Å². The molecule has 0 saturated carbocycles. The highest BCUT2D eigenvalue weighted by Gasteiger charge is 2.17. The Morgan fingerprint density at radius 1 is 1.12 bits per heavy atom. The number of hydrogen-bond acceptors (Lipinski definition) is 4. The van der Waals surface area contributed by atoms with E-state index in [1.54, 1.807) is 0 Å². The van der Waals surface area contributed by atoms with Crippen LogP contribution in [0.2, 0.25) is 0 Å². The zero-order valence-corrected chi connectivity index (χ0v) is 13.6. The summed E-state index contributed by atoms with van der Waals surface area (Å²) in [5, 5.41) is 1.02. The fourth-order valence-electron chi connectivity index (χ4n) is 3.06. The highest BCUT2D eigenvalue weighted by Crippen LogP contribution is 2.29. The number of benzene rings is 2. The van der Waals surface area contributed by atoms with Crippen LogP contribution in [0, 0.1) is 0 Å². The molecule has 0 amide bonds. The van der Waals surface area contributed by atoms with Crippen LogP contribution in [0.4, 0.5) is 0 Å². The van der Waals surface area contributed by atoms with Crippen molar-refractivity contribution in [3.63, 3.8) is 0 Å². The van der Waals surface area contributed by atoms with Crippen molar-refractivity contribution in [1.29, 1.82) is 0 Å². The fourth-order valence-corrected chi connectivity index (χ4v) is 3.06. The molecule has 0 aliphatic carbocycles. The summed E-state index contributed by atoms with van der Waals surface area (Å²) < 4.78 is 6.73. The van der Waals surface area contributed by atoms with Gasteiger partial charge in [-0.2, -0.15) is 0 Å². The number of carbonyl (C=O) groups excluding carboxylic acids is 1. The van der Waals surface area contributed by atoms with Crippen LogP contribution in [0.5, 0.6) is 0 Å². The summed E-state index contributed by atoms with van der Waals surface area (Å²) in [6, 6.07) is 14.0. The summed E-state index contributed by atoms with van der Waals surface area (Å²) >= 11 is 0. The first kappa shape index (κ1) is 14.6. The number of nitrogens with zero attached hydrogens (tertiary/aromatic N) is 3. The van der Waals surface area contributed by atoms with Gasteiger partial charge in [-0.15, -0.1) is 0 Å². The molecule has 2 heterocycles. The molecule has 24 heavy (non-hydrogen) atoms. The lowest BCUT2D eigenvalue weighted by Crippen LogP contribution is -2.11. The Morgan fingerprint density at radius 3 is 2.58 bits per heavy atom. The van der Waals surface area contributed by atoms with Crippen LogP contribution in [-0.4, -0.2) is 27.6 Å². The molecule has 4 rings (SSSR count). The number of aromatic nitrogens is 3. The predicted octanol–water partition coefficient (Wildman–Crippen LogP) is 3.47. The molecule has 0 aliphatic rings. The quantitative estimate of drug-likeness (QED) is 0.543. The molecule has 2 aromatic heterocycles. The molecule has 0 atom stereocenters. The van der Waals surface area contributed by atoms with Gasteiger partial charge in [-0.3, -0.25) is 4.79 Å². The van der Waals surface area contributed by atoms with Crippen molar-refractivity contribution in [2.24, 2.45) is 0 Å². The Balaban J connectivity index is 2.12. The van der Waals surface area contributed by atoms with Gasteiger partial charge in [0.25, 0.3) is 0 Å². The van der Waals surface area contributed by atoms with Crippen molar-refractivity contribution in [1.82, 2.24) is 14.5 Å². The number of esters is 1. The van der Waals surface area contributed by atoms with Gasteiger partial charge in [0, 0.05) is 5.39 Å². The first-order chi connectivity index (χ1) is 11.7. The Labute approximate surface area is 138 Å². The van der Waals surface area contributed by atoms with E-state index in [0.29, 0.717) is 5.65 Å². The van der Waals surface area contributed by atoms with Crippen molar-refractivity contribution in [3.8, 4) is 0 Å². The van der Waals surface area contributed by atoms with E-state index in [-0.39, 0.29) is 12.5 Å². The molecule has 0 unspecified atom stereocenters. The van der Waals surface area contributed by atoms with Gasteiger partial charge in [0.15, 0.2) is 5.65 Å². The second kappa shape index (κ2) is 5.60. The average molecular weight is 319 g/mol. The second-order valence-electron chi connectivity index (χ2n) is 5.75. The van der Waals surface area contributed by atoms with Crippen LogP contribution in [0.1, 0.15) is 12.5 Å². The number of aryl methyl sites for hydroxylation is 1. The molecule has 0 saturated heterocycles. The van der Waals surface area contributed by atoms with Crippen LogP contribution < -0.4 is 0 Å². The molecular weight excluding hydrogens is 302 g/mol. The SMILES string of the molecule is CCc1ccc2c(c1)c1nc3ccccc3nc1n2CC(=O)OC. The van der Waals surface area contributed by atoms with Gasteiger partial charge in [-0.05, 0) is 36.2 Å². The number of fused-ring (bicyclic) bond motifs is 4. The van der Waals surface area contributed by atoms with E-state index in [9.17, 15) is 4.79 Å². The molecule has 0 spiro atoms. The summed E-state index contributed by atoms with van der Waals surface area (Å²) in [6.45, 7) is 2.24. The fraction of sp³-hybridized carbons (Fsp3) is 0.211. The topological polar surface area (TPSA) is 57.0 Å². The van der Waals surface area contributed by atoms with Crippen LogP contribution in [-0.2, 0) is 22.5 Å². The van der Waals surface area contributed by atoms with Gasteiger partial charge >= 0.3 is 5.97 Å². The number of hydrogen-bond donors (Lipinski definition) is 0. The number of carbonyl (C=O) groups is 1. The van der Waals surface area contributed by atoms with Crippen molar-refractivity contribution < 1.29 is 9.53 Å². The Bertz CT molecular complexity index is 1080. The van der Waals surface area contributed by atoms with Crippen molar-refractivity contribution in [2.45, 2.75) is 19.9 Å². The summed E-state index contributed by atoms with van der Waals surface area (Å²) in [7, 11) is 1.40. The molecule has 5 nitrogen and oxygen atoms in total. The van der Waals surface area contributed by atoms with Crippen LogP contribution >= 0.6 is 0 Å². The number of rotatable bonds is 3. The molecule has 2 aromatic carbocycles. The number of para-hydroxylation sites is 2. The van der Waals surface area contributed by atoms with Crippen LogP contribution in [0.25, 0.3) is 33.1 Å². The van der Waals surface area contributed by atoms with Crippen LogP contribution in [0.3, 0.4) is 0 Å². The summed E-state index contributed by atoms with van der Waals surface area (Å²) in [4.78, 5) is 21.4. The van der Waals surface area contributed by atoms with E-state index >= 15 is 0 Å². The maximum atomic E-state index is 11.9. The molecule has 0 radical (unpaired) electrons. The third kappa shape index (κ3) is 2.21. The third-order valence-electron chi connectivity index (χ3n) is 4.34. The first-order valence-electron chi connectivity index (χ1n) is 7.95. The Morgan fingerprint density at radius 2 is 1.88 bits per heavy atom. The zero-order chi connectivity index (χ0) is 16.7. The standard InChI is InChI=1S/C19H17N3O2/c1-3-12-8-9-16-13(10-12)18-19(22(16)11-17(23)24-2)21-15-7-5-4-6-14(15)20-18/h4-10H,3,11H2,1-2H3. The average Bonchev–Trinajstić information content (AvgIpc) is 2.92. The van der Waals surface area contributed by atoms with Gasteiger partial charge in [0.05, 0.1) is 23.7 Å². The van der Waals surface area contributed by atoms with E-state index in [1.165, 1.54) is 12.7 Å². The minimum absolute atomic E-state index is 0.120. The van der Waals surface area contributed by atoms with E-state index in [1.807, 2.05) is 34.9 Å². The van der Waals surface area contributed by atoms with Gasteiger partial charge in [0.1, 0.15) is 12.1 Å². The summed E-state index contributed by atoms with van der Waals surface area (Å²) in [5.41, 5.74) is 5.38. The zero-order valence-electron chi connectivity index (χ0n) is 13.6. The van der Waals surface area contributed by atoms with E-state index in [2.05, 4.69) is 19.1 Å². The molecule has 0 aliphatic heterocycles. The van der Waals surface area contributed by atoms with Gasteiger partial charge in [-0.25, -0.2) is 9.97 Å². The monoisotopic (exact) mass is 319 g/mol. The number of methoxy groups -OCH3 is 1. The second-order valence-corrected chi connectivity index (χ2v) is 5.75. The lowest BCUT2D eigenvalue weighted by atomic mass is 10.1. The smallest absolute Gasteiger partial charge is 0.325 e. The maximum Gasteiger partial charge on any atom is 0.325 e. The normalized spacial score (nSPS) is 11.4. The maximum absolute atomic E-state index is 11.9. The number of ether oxygens (including phenoxy) is 1. The summed E-state index contributed by atoms with van der Waals surface area (Å²) in [6.07, 6.45) is 0.945. The molecule has 0 fully saturated rings. The Kier molecular flexibility index (Phi) is 3.41. The highest BCUT2D eigenvalue weighted by atomic mass is 16.5. The van der Waals surface area contributed by atoms with Crippen LogP contribution in [0.15, 0.2) is 42.5 Å². The molecular formula is C19H17N3O2. The van der Waals surface area contributed by atoms with Crippen molar-refractivity contribution in [2.75, 3.05) is 7.11 Å². The first-order valence-corrected chi connectivity index (χ1v) is 7.95. The molecule has 4 aromatic rings. The van der Waals surface area contributed by atoms with Gasteiger partial charge < -0.3 is 9.30 Å². The van der Waals surface area contributed by atoms with Crippen molar-refractivity contribution >= 4 is 39.1 Å². The Hall–Kier alpha value is -2.95. The lowest BCUT2D eigenvalue weighted by Gasteiger charge is -2.05. The molecule has 5 heteroatoms. The minimum atomic E-state index is -0.302. The minimum Gasteiger partial charge on any atom is -0.468 e. The van der Waals surface area contributed by atoms with Gasteiger partial charge in [0.2, 0.25) is 0 Å². The van der Waals surface area contributed by atoms with E-state index in [0.717, 1.165) is 33.9 Å². The molecule has 0 bridgehead atoms. The molecule has 0 N–H and O–H groups in total. The predicted molar refractivity (Wildman–Crippen MR) is 93.9 cm³/mol. The summed E-state index contributed by atoms with van der Waals surface area (Å²) in [5.74, 6) is -0.302. The van der Waals surface area contributed by atoms with E-state index < -0.39 is 0 Å².